The SMILES string of the molecule is COc1ccc(-c2ccc3c(N4CCOCC4)nc(N4CCO[C@@H](C)C4)nc3n2)cc1CO. The Hall–Kier alpha value is -3.01. The van der Waals surface area contributed by atoms with E-state index in [4.69, 9.17) is 29.2 Å². The summed E-state index contributed by atoms with van der Waals surface area (Å²) in [6.07, 6.45) is 0.125. The van der Waals surface area contributed by atoms with Gasteiger partial charge in [0.25, 0.3) is 0 Å². The normalized spacial score (nSPS) is 19.2. The van der Waals surface area contributed by atoms with Crippen molar-refractivity contribution in [1.82, 2.24) is 15.0 Å². The molecule has 174 valence electrons. The minimum atomic E-state index is -0.104. The highest BCUT2D eigenvalue weighted by Gasteiger charge is 2.24. The van der Waals surface area contributed by atoms with Crippen molar-refractivity contribution in [1.29, 1.82) is 0 Å². The third-order valence-corrected chi connectivity index (χ3v) is 6.11. The van der Waals surface area contributed by atoms with Gasteiger partial charge in [0.1, 0.15) is 11.6 Å². The van der Waals surface area contributed by atoms with Crippen LogP contribution in [-0.2, 0) is 16.1 Å². The molecule has 1 aromatic carbocycles. The van der Waals surface area contributed by atoms with Crippen molar-refractivity contribution in [3.05, 3.63) is 35.9 Å². The molecule has 1 N–H and O–H groups in total. The number of fused-ring (bicyclic) bond motifs is 1. The number of hydrogen-bond acceptors (Lipinski definition) is 9. The predicted molar refractivity (Wildman–Crippen MR) is 126 cm³/mol. The van der Waals surface area contributed by atoms with Gasteiger partial charge >= 0.3 is 0 Å². The van der Waals surface area contributed by atoms with E-state index in [0.717, 1.165) is 54.2 Å². The molecule has 0 saturated carbocycles. The fourth-order valence-electron chi connectivity index (χ4n) is 4.36. The molecule has 9 nitrogen and oxygen atoms in total. The first-order chi connectivity index (χ1) is 16.2. The molecule has 0 bridgehead atoms. The summed E-state index contributed by atoms with van der Waals surface area (Å²) in [5.41, 5.74) is 3.05. The van der Waals surface area contributed by atoms with Gasteiger partial charge in [-0.25, -0.2) is 4.98 Å². The molecule has 0 amide bonds. The Morgan fingerprint density at radius 1 is 1.03 bits per heavy atom. The smallest absolute Gasteiger partial charge is 0.229 e. The van der Waals surface area contributed by atoms with Crippen molar-refractivity contribution in [2.45, 2.75) is 19.6 Å². The number of aliphatic hydroxyl groups is 1. The van der Waals surface area contributed by atoms with Crippen molar-refractivity contribution in [2.24, 2.45) is 0 Å². The van der Waals surface area contributed by atoms with Gasteiger partial charge in [-0.1, -0.05) is 0 Å². The van der Waals surface area contributed by atoms with Crippen LogP contribution in [0, 0.1) is 0 Å². The van der Waals surface area contributed by atoms with Gasteiger partial charge in [-0.05, 0) is 37.3 Å². The number of methoxy groups -OCH3 is 1. The van der Waals surface area contributed by atoms with Crippen molar-refractivity contribution >= 4 is 22.8 Å². The number of benzene rings is 1. The molecule has 2 saturated heterocycles. The van der Waals surface area contributed by atoms with Crippen molar-refractivity contribution in [3.63, 3.8) is 0 Å². The third kappa shape index (κ3) is 4.44. The van der Waals surface area contributed by atoms with Crippen molar-refractivity contribution in [2.75, 3.05) is 62.9 Å². The topological polar surface area (TPSA) is 93.1 Å². The first-order valence-corrected chi connectivity index (χ1v) is 11.3. The van der Waals surface area contributed by atoms with Crippen LogP contribution in [0.4, 0.5) is 11.8 Å². The summed E-state index contributed by atoms with van der Waals surface area (Å²) < 4.78 is 16.6. The summed E-state index contributed by atoms with van der Waals surface area (Å²) >= 11 is 0. The Kier molecular flexibility index (Phi) is 6.26. The number of nitrogens with zero attached hydrogens (tertiary/aromatic N) is 5. The predicted octanol–water partition coefficient (Wildman–Crippen LogP) is 2.25. The zero-order valence-electron chi connectivity index (χ0n) is 19.0. The molecule has 2 aliphatic heterocycles. The highest BCUT2D eigenvalue weighted by Crippen LogP contribution is 2.31. The van der Waals surface area contributed by atoms with Crippen LogP contribution >= 0.6 is 0 Å². The molecule has 0 aliphatic carbocycles. The van der Waals surface area contributed by atoms with E-state index in [0.29, 0.717) is 37.2 Å². The monoisotopic (exact) mass is 451 g/mol. The molecule has 0 spiro atoms. The quantitative estimate of drug-likeness (QED) is 0.627. The van der Waals surface area contributed by atoms with Gasteiger partial charge in [-0.15, -0.1) is 0 Å². The van der Waals surface area contributed by atoms with Crippen LogP contribution in [0.2, 0.25) is 0 Å². The Morgan fingerprint density at radius 2 is 1.85 bits per heavy atom. The second-order valence-electron chi connectivity index (χ2n) is 8.33. The molecule has 0 radical (unpaired) electrons. The maximum Gasteiger partial charge on any atom is 0.229 e. The van der Waals surface area contributed by atoms with Gasteiger partial charge in [0, 0.05) is 37.3 Å². The van der Waals surface area contributed by atoms with Crippen LogP contribution in [-0.4, -0.2) is 79.3 Å². The molecule has 2 aliphatic rings. The van der Waals surface area contributed by atoms with Crippen LogP contribution in [0.15, 0.2) is 30.3 Å². The molecule has 2 fully saturated rings. The lowest BCUT2D eigenvalue weighted by molar-refractivity contribution is 0.0526. The first-order valence-electron chi connectivity index (χ1n) is 11.3. The van der Waals surface area contributed by atoms with Crippen molar-refractivity contribution in [3.8, 4) is 17.0 Å². The average molecular weight is 452 g/mol. The van der Waals surface area contributed by atoms with Crippen molar-refractivity contribution < 1.29 is 19.3 Å². The Morgan fingerprint density at radius 3 is 2.61 bits per heavy atom. The van der Waals surface area contributed by atoms with E-state index in [9.17, 15) is 5.11 Å². The van der Waals surface area contributed by atoms with Crippen LogP contribution in [0.1, 0.15) is 12.5 Å². The van der Waals surface area contributed by atoms with Gasteiger partial charge in [-0.3, -0.25) is 0 Å². The minimum absolute atomic E-state index is 0.104. The fourth-order valence-corrected chi connectivity index (χ4v) is 4.36. The number of morpholine rings is 2. The summed E-state index contributed by atoms with van der Waals surface area (Å²) in [7, 11) is 1.60. The van der Waals surface area contributed by atoms with E-state index in [1.54, 1.807) is 7.11 Å². The third-order valence-electron chi connectivity index (χ3n) is 6.11. The number of hydrogen-bond donors (Lipinski definition) is 1. The standard InChI is InChI=1S/C24H29N5O4/c1-16-14-29(9-12-33-16)24-26-22-19(23(27-24)28-7-10-32-11-8-28)4-5-20(25-22)17-3-6-21(31-2)18(13-17)15-30/h3-6,13,16,30H,7-12,14-15H2,1-2H3/t16-/m0/s1. The number of pyridine rings is 1. The number of ether oxygens (including phenoxy) is 3. The largest absolute Gasteiger partial charge is 0.496 e. The maximum absolute atomic E-state index is 9.72. The van der Waals surface area contributed by atoms with Gasteiger partial charge in [0.05, 0.1) is 50.7 Å². The second-order valence-corrected chi connectivity index (χ2v) is 8.33. The lowest BCUT2D eigenvalue weighted by Gasteiger charge is -2.33. The minimum Gasteiger partial charge on any atom is -0.496 e. The van der Waals surface area contributed by atoms with Crippen LogP contribution in [0.25, 0.3) is 22.3 Å². The molecule has 33 heavy (non-hydrogen) atoms. The van der Waals surface area contributed by atoms with E-state index in [1.165, 1.54) is 0 Å². The van der Waals surface area contributed by atoms with E-state index in [1.807, 2.05) is 30.3 Å². The van der Waals surface area contributed by atoms with Crippen LogP contribution in [0.3, 0.4) is 0 Å². The molecular formula is C24H29N5O4. The fraction of sp³-hybridized carbons (Fsp3) is 0.458. The average Bonchev–Trinajstić information content (AvgIpc) is 2.87. The molecule has 2 aromatic heterocycles. The second kappa shape index (κ2) is 9.46. The molecule has 0 unspecified atom stereocenters. The molecule has 3 aromatic rings. The lowest BCUT2D eigenvalue weighted by atomic mass is 10.1. The summed E-state index contributed by atoms with van der Waals surface area (Å²) in [6, 6.07) is 9.72. The van der Waals surface area contributed by atoms with Gasteiger partial charge in [0.15, 0.2) is 5.65 Å². The van der Waals surface area contributed by atoms with E-state index in [2.05, 4.69) is 16.7 Å². The van der Waals surface area contributed by atoms with Crippen LogP contribution in [0.5, 0.6) is 5.75 Å². The van der Waals surface area contributed by atoms with Gasteiger partial charge in [0.2, 0.25) is 5.95 Å². The summed E-state index contributed by atoms with van der Waals surface area (Å²) in [5.74, 6) is 2.22. The maximum atomic E-state index is 9.72. The number of aromatic nitrogens is 3. The number of aliphatic hydroxyl groups excluding tert-OH is 1. The molecule has 1 atom stereocenters. The Bertz CT molecular complexity index is 1140. The first kappa shape index (κ1) is 21.8. The highest BCUT2D eigenvalue weighted by molar-refractivity contribution is 5.90. The number of rotatable bonds is 5. The zero-order valence-corrected chi connectivity index (χ0v) is 19.0. The molecule has 9 heteroatoms. The highest BCUT2D eigenvalue weighted by atomic mass is 16.5. The van der Waals surface area contributed by atoms with E-state index >= 15 is 0 Å². The lowest BCUT2D eigenvalue weighted by Crippen LogP contribution is -2.42. The van der Waals surface area contributed by atoms with Crippen LogP contribution < -0.4 is 14.5 Å². The molecular weight excluding hydrogens is 422 g/mol. The molecule has 4 heterocycles. The van der Waals surface area contributed by atoms with Gasteiger partial charge < -0.3 is 29.1 Å². The molecule has 5 rings (SSSR count). The number of anilines is 2. The van der Waals surface area contributed by atoms with Gasteiger partial charge in [-0.2, -0.15) is 9.97 Å². The summed E-state index contributed by atoms with van der Waals surface area (Å²) in [5, 5.41) is 10.6. The summed E-state index contributed by atoms with van der Waals surface area (Å²) in [6.45, 7) is 7.02. The summed E-state index contributed by atoms with van der Waals surface area (Å²) in [4.78, 5) is 19.2. The van der Waals surface area contributed by atoms with E-state index in [-0.39, 0.29) is 12.7 Å². The zero-order chi connectivity index (χ0) is 22.8. The Labute approximate surface area is 192 Å². The van der Waals surface area contributed by atoms with E-state index < -0.39 is 0 Å². The Balaban J connectivity index is 1.60.